The van der Waals surface area contributed by atoms with Gasteiger partial charge in [-0.05, 0) is 73.5 Å². The number of nitrogens with one attached hydrogen (secondary N) is 1. The Kier molecular flexibility index (Phi) is 4.02. The highest BCUT2D eigenvalue weighted by Crippen LogP contribution is 2.59. The molecule has 5 rings (SSSR count). The van der Waals surface area contributed by atoms with Gasteiger partial charge in [0.15, 0.2) is 5.02 Å². The second kappa shape index (κ2) is 5.97. The first-order chi connectivity index (χ1) is 11.8. The third-order valence-electron chi connectivity index (χ3n) is 6.41. The summed E-state index contributed by atoms with van der Waals surface area (Å²) in [6.45, 7) is 2.31. The minimum Gasteiger partial charge on any atom is -0.358 e. The molecule has 0 atom stereocenters. The van der Waals surface area contributed by atoms with Crippen molar-refractivity contribution in [3.05, 3.63) is 20.8 Å². The second-order valence-corrected chi connectivity index (χ2v) is 8.71. The van der Waals surface area contributed by atoms with E-state index in [-0.39, 0.29) is 22.9 Å². The number of rotatable bonds is 5. The first kappa shape index (κ1) is 16.8. The van der Waals surface area contributed by atoms with Crippen molar-refractivity contribution in [1.29, 1.82) is 0 Å². The van der Waals surface area contributed by atoms with Gasteiger partial charge >= 0.3 is 5.82 Å². The van der Waals surface area contributed by atoms with Crippen LogP contribution in [-0.4, -0.2) is 27.2 Å². The summed E-state index contributed by atoms with van der Waals surface area (Å²) in [4.78, 5) is 22.6. The predicted molar refractivity (Wildman–Crippen MR) is 92.2 cm³/mol. The van der Waals surface area contributed by atoms with Gasteiger partial charge in [0.2, 0.25) is 5.91 Å². The number of nitrogens with zero attached hydrogens (tertiary/aromatic N) is 3. The maximum atomic E-state index is 12.4. The van der Waals surface area contributed by atoms with Crippen molar-refractivity contribution in [2.24, 2.45) is 23.2 Å². The van der Waals surface area contributed by atoms with Crippen LogP contribution in [0.4, 0.5) is 5.82 Å². The number of nitro groups is 1. The molecule has 0 saturated heterocycles. The van der Waals surface area contributed by atoms with Crippen molar-refractivity contribution < 1.29 is 9.72 Å². The van der Waals surface area contributed by atoms with Gasteiger partial charge in [0.05, 0.1) is 10.8 Å². The highest BCUT2D eigenvalue weighted by Gasteiger charge is 2.50. The van der Waals surface area contributed by atoms with E-state index < -0.39 is 10.7 Å². The van der Waals surface area contributed by atoms with Gasteiger partial charge < -0.3 is 15.4 Å². The van der Waals surface area contributed by atoms with Crippen molar-refractivity contribution in [3.8, 4) is 0 Å². The number of aromatic nitrogens is 2. The fourth-order valence-electron chi connectivity index (χ4n) is 5.76. The summed E-state index contributed by atoms with van der Waals surface area (Å²) in [7, 11) is 0. The highest BCUT2D eigenvalue weighted by molar-refractivity contribution is 6.33. The van der Waals surface area contributed by atoms with E-state index in [0.29, 0.717) is 12.2 Å². The maximum absolute atomic E-state index is 12.4. The van der Waals surface area contributed by atoms with Gasteiger partial charge in [-0.2, -0.15) is 4.68 Å². The standard InChI is InChI=1S/C17H23ClN4O3/c1-10-15(18)16(22(24)25)20-21(10)8-14(23)19-9-17-5-11-2-12(6-17)4-13(3-11)7-17/h11-13H,2-9H2,1H3,(H,19,23). The number of hydrogen-bond acceptors (Lipinski definition) is 4. The van der Waals surface area contributed by atoms with Crippen LogP contribution in [0.2, 0.25) is 5.02 Å². The summed E-state index contributed by atoms with van der Waals surface area (Å²) in [6.07, 6.45) is 7.83. The molecule has 1 aromatic heterocycles. The van der Waals surface area contributed by atoms with Gasteiger partial charge in [-0.15, -0.1) is 0 Å². The Balaban J connectivity index is 1.39. The van der Waals surface area contributed by atoms with E-state index in [1.54, 1.807) is 6.92 Å². The van der Waals surface area contributed by atoms with E-state index in [1.807, 2.05) is 0 Å². The van der Waals surface area contributed by atoms with E-state index >= 15 is 0 Å². The van der Waals surface area contributed by atoms with Crippen LogP contribution in [0.25, 0.3) is 0 Å². The van der Waals surface area contributed by atoms with Gasteiger partial charge in [0.1, 0.15) is 6.54 Å². The predicted octanol–water partition coefficient (Wildman–Crippen LogP) is 3.09. The fourth-order valence-corrected chi connectivity index (χ4v) is 5.97. The third kappa shape index (κ3) is 3.03. The molecule has 7 nitrogen and oxygen atoms in total. The minimum atomic E-state index is -0.626. The van der Waals surface area contributed by atoms with Gasteiger partial charge in [0, 0.05) is 6.54 Å². The molecule has 0 radical (unpaired) electrons. The Bertz CT molecular complexity index is 694. The Morgan fingerprint density at radius 1 is 1.32 bits per heavy atom. The lowest BCUT2D eigenvalue weighted by atomic mass is 9.49. The Morgan fingerprint density at radius 2 is 1.88 bits per heavy atom. The Labute approximate surface area is 151 Å². The molecular weight excluding hydrogens is 344 g/mol. The number of carbonyl (C=O) groups is 1. The monoisotopic (exact) mass is 366 g/mol. The lowest BCUT2D eigenvalue weighted by Crippen LogP contribution is -2.51. The number of hydrogen-bond donors (Lipinski definition) is 1. The second-order valence-electron chi connectivity index (χ2n) is 8.33. The molecule has 0 aliphatic heterocycles. The van der Waals surface area contributed by atoms with Crippen LogP contribution in [-0.2, 0) is 11.3 Å². The largest absolute Gasteiger partial charge is 0.408 e. The topological polar surface area (TPSA) is 90.1 Å². The van der Waals surface area contributed by atoms with E-state index in [0.717, 1.165) is 17.8 Å². The average Bonchev–Trinajstić information content (AvgIpc) is 2.80. The summed E-state index contributed by atoms with van der Waals surface area (Å²) in [5, 5.41) is 17.8. The highest BCUT2D eigenvalue weighted by atomic mass is 35.5. The van der Waals surface area contributed by atoms with Crippen LogP contribution in [0.3, 0.4) is 0 Å². The Hall–Kier alpha value is -1.63. The number of carbonyl (C=O) groups excluding carboxylic acids is 1. The van der Waals surface area contributed by atoms with Gasteiger partial charge in [-0.3, -0.25) is 4.79 Å². The van der Waals surface area contributed by atoms with E-state index in [2.05, 4.69) is 10.4 Å². The van der Waals surface area contributed by atoms with Crippen molar-refractivity contribution in [2.75, 3.05) is 6.54 Å². The van der Waals surface area contributed by atoms with Crippen molar-refractivity contribution in [3.63, 3.8) is 0 Å². The average molecular weight is 367 g/mol. The zero-order valence-electron chi connectivity index (χ0n) is 14.3. The molecular formula is C17H23ClN4O3. The molecule has 4 aliphatic rings. The normalized spacial score (nSPS) is 32.8. The summed E-state index contributed by atoms with van der Waals surface area (Å²) in [5.74, 6) is 1.98. The minimum absolute atomic E-state index is 0.00103. The molecule has 0 aromatic carbocycles. The first-order valence-corrected chi connectivity index (χ1v) is 9.37. The molecule has 1 heterocycles. The SMILES string of the molecule is Cc1c(Cl)c([N+](=O)[O-])nn1CC(=O)NCC12CC3CC(CC(C3)C1)C2. The lowest BCUT2D eigenvalue weighted by molar-refractivity contribution is -0.389. The summed E-state index contributed by atoms with van der Waals surface area (Å²) in [5.41, 5.74) is 0.714. The van der Waals surface area contributed by atoms with Gasteiger partial charge in [0.25, 0.3) is 0 Å². The van der Waals surface area contributed by atoms with E-state index in [1.165, 1.54) is 43.2 Å². The molecule has 0 spiro atoms. The zero-order chi connectivity index (χ0) is 17.8. The zero-order valence-corrected chi connectivity index (χ0v) is 15.1. The summed E-state index contributed by atoms with van der Waals surface area (Å²) < 4.78 is 1.31. The van der Waals surface area contributed by atoms with Crippen molar-refractivity contribution in [2.45, 2.75) is 52.0 Å². The van der Waals surface area contributed by atoms with Crippen LogP contribution in [0.15, 0.2) is 0 Å². The van der Waals surface area contributed by atoms with Crippen LogP contribution in [0.5, 0.6) is 0 Å². The number of halogens is 1. The fraction of sp³-hybridized carbons (Fsp3) is 0.765. The molecule has 25 heavy (non-hydrogen) atoms. The first-order valence-electron chi connectivity index (χ1n) is 8.99. The summed E-state index contributed by atoms with van der Waals surface area (Å²) >= 11 is 5.92. The molecule has 1 aromatic rings. The molecule has 1 amide bonds. The van der Waals surface area contributed by atoms with Crippen LogP contribution in [0.1, 0.15) is 44.2 Å². The van der Waals surface area contributed by atoms with Crippen molar-refractivity contribution >= 4 is 23.3 Å². The molecule has 1 N–H and O–H groups in total. The van der Waals surface area contributed by atoms with Crippen LogP contribution < -0.4 is 5.32 Å². The van der Waals surface area contributed by atoms with Gasteiger partial charge in [-0.1, -0.05) is 11.6 Å². The molecule has 4 aliphatic carbocycles. The van der Waals surface area contributed by atoms with Crippen LogP contribution in [0, 0.1) is 40.2 Å². The third-order valence-corrected chi connectivity index (χ3v) is 6.85. The lowest BCUT2D eigenvalue weighted by Gasteiger charge is -2.56. The molecule has 8 heteroatoms. The summed E-state index contributed by atoms with van der Waals surface area (Å²) in [6, 6.07) is 0. The van der Waals surface area contributed by atoms with E-state index in [4.69, 9.17) is 11.6 Å². The maximum Gasteiger partial charge on any atom is 0.408 e. The van der Waals surface area contributed by atoms with Gasteiger partial charge in [-0.25, -0.2) is 0 Å². The quantitative estimate of drug-likeness (QED) is 0.640. The van der Waals surface area contributed by atoms with Crippen molar-refractivity contribution in [1.82, 2.24) is 15.1 Å². The molecule has 136 valence electrons. The molecule has 4 bridgehead atoms. The van der Waals surface area contributed by atoms with E-state index in [9.17, 15) is 14.9 Å². The number of amides is 1. The van der Waals surface area contributed by atoms with Crippen LogP contribution >= 0.6 is 11.6 Å². The smallest absolute Gasteiger partial charge is 0.358 e. The Morgan fingerprint density at radius 3 is 2.36 bits per heavy atom. The molecule has 0 unspecified atom stereocenters. The molecule has 4 saturated carbocycles. The molecule has 4 fully saturated rings.